The van der Waals surface area contributed by atoms with Crippen molar-refractivity contribution in [2.45, 2.75) is 6.54 Å². The number of nitrogens with zero attached hydrogens (tertiary/aromatic N) is 2. The lowest BCUT2D eigenvalue weighted by Crippen LogP contribution is -2.19. The number of pyridine rings is 1. The second-order valence-electron chi connectivity index (χ2n) is 4.18. The highest BCUT2D eigenvalue weighted by Crippen LogP contribution is 2.25. The molecular weight excluding hydrogens is 308 g/mol. The number of rotatable bonds is 4. The van der Waals surface area contributed by atoms with E-state index in [1.54, 1.807) is 24.5 Å². The summed E-state index contributed by atoms with van der Waals surface area (Å²) in [6, 6.07) is 9.08. The normalized spacial score (nSPS) is 10.2. The molecule has 0 aliphatic carbocycles. The molecule has 98 valence electrons. The summed E-state index contributed by atoms with van der Waals surface area (Å²) in [6.07, 6.45) is 3.45. The van der Waals surface area contributed by atoms with E-state index < -0.39 is 5.97 Å². The van der Waals surface area contributed by atoms with Gasteiger partial charge in [0.25, 0.3) is 0 Å². The Balaban J connectivity index is 2.28. The monoisotopic (exact) mass is 320 g/mol. The number of carbonyl (C=O) groups is 1. The second-order valence-corrected chi connectivity index (χ2v) is 5.09. The molecule has 0 atom stereocenters. The summed E-state index contributed by atoms with van der Waals surface area (Å²) in [5.41, 5.74) is 2.05. The van der Waals surface area contributed by atoms with Gasteiger partial charge in [-0.2, -0.15) is 0 Å². The van der Waals surface area contributed by atoms with Gasteiger partial charge in [-0.25, -0.2) is 4.79 Å². The van der Waals surface area contributed by atoms with Gasteiger partial charge >= 0.3 is 5.97 Å². The van der Waals surface area contributed by atoms with E-state index in [9.17, 15) is 9.90 Å². The highest BCUT2D eigenvalue weighted by molar-refractivity contribution is 9.10. The van der Waals surface area contributed by atoms with Crippen LogP contribution in [-0.2, 0) is 6.54 Å². The van der Waals surface area contributed by atoms with Crippen LogP contribution in [0.2, 0.25) is 0 Å². The van der Waals surface area contributed by atoms with Crippen molar-refractivity contribution in [1.82, 2.24) is 4.98 Å². The number of halogens is 1. The van der Waals surface area contributed by atoms with Crippen molar-refractivity contribution < 1.29 is 9.90 Å². The first kappa shape index (κ1) is 13.5. The quantitative estimate of drug-likeness (QED) is 0.940. The van der Waals surface area contributed by atoms with Crippen LogP contribution in [-0.4, -0.2) is 23.1 Å². The van der Waals surface area contributed by atoms with Crippen LogP contribution in [0.4, 0.5) is 5.69 Å². The van der Waals surface area contributed by atoms with Gasteiger partial charge in [-0.1, -0.05) is 15.9 Å². The van der Waals surface area contributed by atoms with Crippen LogP contribution in [0.5, 0.6) is 0 Å². The molecule has 2 aromatic rings. The van der Waals surface area contributed by atoms with Crippen LogP contribution in [0.25, 0.3) is 0 Å². The number of carboxylic acids is 1. The largest absolute Gasteiger partial charge is 0.478 e. The molecule has 0 aliphatic rings. The average Bonchev–Trinajstić information content (AvgIpc) is 2.39. The first-order valence-corrected chi connectivity index (χ1v) is 6.50. The molecule has 0 saturated heterocycles. The Hall–Kier alpha value is -1.88. The van der Waals surface area contributed by atoms with Crippen LogP contribution in [0, 0.1) is 0 Å². The molecule has 0 saturated carbocycles. The van der Waals surface area contributed by atoms with Crippen LogP contribution in [0.1, 0.15) is 15.9 Å². The van der Waals surface area contributed by atoms with Gasteiger partial charge in [-0.05, 0) is 35.9 Å². The Morgan fingerprint density at radius 3 is 2.63 bits per heavy atom. The zero-order valence-electron chi connectivity index (χ0n) is 10.4. The Kier molecular flexibility index (Phi) is 4.16. The van der Waals surface area contributed by atoms with Gasteiger partial charge in [-0.3, -0.25) is 4.98 Å². The SMILES string of the molecule is CN(Cc1ccncc1)c1ccc(Br)cc1C(=O)O. The van der Waals surface area contributed by atoms with Gasteiger partial charge in [0.15, 0.2) is 0 Å². The number of carboxylic acid groups (broad SMARTS) is 1. The minimum atomic E-state index is -0.933. The molecule has 1 aromatic carbocycles. The fraction of sp³-hybridized carbons (Fsp3) is 0.143. The predicted molar refractivity (Wildman–Crippen MR) is 77.4 cm³/mol. The lowest BCUT2D eigenvalue weighted by Gasteiger charge is -2.21. The molecule has 0 aliphatic heterocycles. The van der Waals surface area contributed by atoms with Gasteiger partial charge in [0, 0.05) is 30.5 Å². The summed E-state index contributed by atoms with van der Waals surface area (Å²) >= 11 is 3.29. The number of aromatic carboxylic acids is 1. The summed E-state index contributed by atoms with van der Waals surface area (Å²) in [7, 11) is 1.87. The van der Waals surface area contributed by atoms with Crippen molar-refractivity contribution in [2.24, 2.45) is 0 Å². The number of hydrogen-bond acceptors (Lipinski definition) is 3. The van der Waals surface area contributed by atoms with Gasteiger partial charge in [0.1, 0.15) is 0 Å². The zero-order valence-corrected chi connectivity index (χ0v) is 12.0. The van der Waals surface area contributed by atoms with E-state index in [-0.39, 0.29) is 5.56 Å². The minimum absolute atomic E-state index is 0.283. The lowest BCUT2D eigenvalue weighted by atomic mass is 10.1. The van der Waals surface area contributed by atoms with Gasteiger partial charge in [0.2, 0.25) is 0 Å². The van der Waals surface area contributed by atoms with E-state index in [2.05, 4.69) is 20.9 Å². The Morgan fingerprint density at radius 1 is 1.32 bits per heavy atom. The molecule has 2 rings (SSSR count). The van der Waals surface area contributed by atoms with Crippen molar-refractivity contribution in [3.63, 3.8) is 0 Å². The Bertz CT molecular complexity index is 587. The van der Waals surface area contributed by atoms with E-state index in [0.717, 1.165) is 10.0 Å². The molecule has 0 fully saturated rings. The first-order valence-electron chi connectivity index (χ1n) is 5.71. The standard InChI is InChI=1S/C14H13BrN2O2/c1-17(9-10-4-6-16-7-5-10)13-3-2-11(15)8-12(13)14(18)19/h2-8H,9H2,1H3,(H,18,19). The number of anilines is 1. The first-order chi connectivity index (χ1) is 9.08. The molecular formula is C14H13BrN2O2. The minimum Gasteiger partial charge on any atom is -0.478 e. The molecule has 0 bridgehead atoms. The molecule has 0 unspecified atom stereocenters. The highest BCUT2D eigenvalue weighted by Gasteiger charge is 2.14. The van der Waals surface area contributed by atoms with E-state index in [0.29, 0.717) is 12.2 Å². The van der Waals surface area contributed by atoms with Crippen molar-refractivity contribution >= 4 is 27.6 Å². The van der Waals surface area contributed by atoms with Gasteiger partial charge in [-0.15, -0.1) is 0 Å². The second kappa shape index (κ2) is 5.84. The van der Waals surface area contributed by atoms with Crippen molar-refractivity contribution in [3.05, 3.63) is 58.3 Å². The molecule has 0 radical (unpaired) electrons. The third-order valence-corrected chi connectivity index (χ3v) is 3.26. The number of benzene rings is 1. The van der Waals surface area contributed by atoms with Crippen molar-refractivity contribution in [3.8, 4) is 0 Å². The smallest absolute Gasteiger partial charge is 0.337 e. The number of aromatic nitrogens is 1. The van der Waals surface area contributed by atoms with Gasteiger partial charge in [0.05, 0.1) is 11.3 Å². The number of hydrogen-bond donors (Lipinski definition) is 1. The van der Waals surface area contributed by atoms with E-state index in [4.69, 9.17) is 0 Å². The van der Waals surface area contributed by atoms with E-state index in [1.807, 2.05) is 30.1 Å². The summed E-state index contributed by atoms with van der Waals surface area (Å²) in [5.74, 6) is -0.933. The van der Waals surface area contributed by atoms with Crippen LogP contribution < -0.4 is 4.90 Å². The van der Waals surface area contributed by atoms with Crippen molar-refractivity contribution in [1.29, 1.82) is 0 Å². The molecule has 1 heterocycles. The third-order valence-electron chi connectivity index (χ3n) is 2.77. The summed E-state index contributed by atoms with van der Waals surface area (Å²) < 4.78 is 0.756. The molecule has 0 spiro atoms. The lowest BCUT2D eigenvalue weighted by molar-refractivity contribution is 0.0697. The predicted octanol–water partition coefficient (Wildman–Crippen LogP) is 3.18. The zero-order chi connectivity index (χ0) is 13.8. The maximum atomic E-state index is 11.3. The highest BCUT2D eigenvalue weighted by atomic mass is 79.9. The van der Waals surface area contributed by atoms with Crippen molar-refractivity contribution in [2.75, 3.05) is 11.9 Å². The van der Waals surface area contributed by atoms with E-state index >= 15 is 0 Å². The van der Waals surface area contributed by atoms with E-state index in [1.165, 1.54) is 0 Å². The maximum absolute atomic E-state index is 11.3. The fourth-order valence-corrected chi connectivity index (χ4v) is 2.22. The summed E-state index contributed by atoms with van der Waals surface area (Å²) in [4.78, 5) is 17.1. The molecule has 19 heavy (non-hydrogen) atoms. The maximum Gasteiger partial charge on any atom is 0.337 e. The summed E-state index contributed by atoms with van der Waals surface area (Å²) in [6.45, 7) is 0.629. The molecule has 5 heteroatoms. The molecule has 0 amide bonds. The third kappa shape index (κ3) is 3.32. The fourth-order valence-electron chi connectivity index (χ4n) is 1.86. The molecule has 1 N–H and O–H groups in total. The van der Waals surface area contributed by atoms with Gasteiger partial charge < -0.3 is 10.0 Å². The van der Waals surface area contributed by atoms with Crippen LogP contribution >= 0.6 is 15.9 Å². The Morgan fingerprint density at radius 2 is 2.00 bits per heavy atom. The topological polar surface area (TPSA) is 53.4 Å². The average molecular weight is 321 g/mol. The van der Waals surface area contributed by atoms with Crippen LogP contribution in [0.3, 0.4) is 0 Å². The Labute approximate surface area is 119 Å². The summed E-state index contributed by atoms with van der Waals surface area (Å²) in [5, 5.41) is 9.25. The molecule has 1 aromatic heterocycles. The molecule has 4 nitrogen and oxygen atoms in total. The van der Waals surface area contributed by atoms with Crippen LogP contribution in [0.15, 0.2) is 47.2 Å².